The Bertz CT molecular complexity index is 404. The summed E-state index contributed by atoms with van der Waals surface area (Å²) in [6.07, 6.45) is 2.20. The molecule has 1 unspecified atom stereocenters. The second-order valence-corrected chi connectivity index (χ2v) is 4.68. The molecular weight excluding hydrogens is 219 g/mol. The van der Waals surface area contributed by atoms with Crippen LogP contribution in [0.2, 0.25) is 0 Å². The number of benzene rings is 1. The molecule has 4 heteroatoms. The van der Waals surface area contributed by atoms with Gasteiger partial charge in [-0.1, -0.05) is 6.07 Å². The SMILES string of the molecule is CNC(c1ccc(OC)c(F)c1)C1(CN)CC1. The third-order valence-electron chi connectivity index (χ3n) is 3.71. The van der Waals surface area contributed by atoms with Crippen molar-refractivity contribution in [2.45, 2.75) is 18.9 Å². The van der Waals surface area contributed by atoms with Crippen molar-refractivity contribution < 1.29 is 9.13 Å². The van der Waals surface area contributed by atoms with Gasteiger partial charge in [0.1, 0.15) is 0 Å². The van der Waals surface area contributed by atoms with Crippen LogP contribution in [0.4, 0.5) is 4.39 Å². The van der Waals surface area contributed by atoms with Crippen LogP contribution in [-0.2, 0) is 0 Å². The number of hydrogen-bond donors (Lipinski definition) is 2. The minimum absolute atomic E-state index is 0.107. The zero-order valence-corrected chi connectivity index (χ0v) is 10.3. The maximum atomic E-state index is 13.7. The molecule has 0 amide bonds. The van der Waals surface area contributed by atoms with Gasteiger partial charge >= 0.3 is 0 Å². The molecule has 1 aromatic carbocycles. The number of ether oxygens (including phenoxy) is 1. The van der Waals surface area contributed by atoms with Crippen molar-refractivity contribution in [2.75, 3.05) is 20.7 Å². The monoisotopic (exact) mass is 238 g/mol. The predicted octanol–water partition coefficient (Wildman–Crippen LogP) is 1.83. The smallest absolute Gasteiger partial charge is 0.165 e. The lowest BCUT2D eigenvalue weighted by Crippen LogP contribution is -2.32. The van der Waals surface area contributed by atoms with E-state index in [1.165, 1.54) is 13.2 Å². The number of rotatable bonds is 5. The average molecular weight is 238 g/mol. The molecule has 94 valence electrons. The molecule has 17 heavy (non-hydrogen) atoms. The average Bonchev–Trinajstić information content (AvgIpc) is 3.11. The van der Waals surface area contributed by atoms with Crippen molar-refractivity contribution in [1.82, 2.24) is 5.32 Å². The van der Waals surface area contributed by atoms with Gasteiger partial charge in [-0.05, 0) is 44.1 Å². The van der Waals surface area contributed by atoms with Crippen LogP contribution in [0.5, 0.6) is 5.75 Å². The maximum absolute atomic E-state index is 13.7. The molecule has 1 aliphatic carbocycles. The third-order valence-corrected chi connectivity index (χ3v) is 3.71. The molecule has 1 atom stereocenters. The number of hydrogen-bond acceptors (Lipinski definition) is 3. The molecule has 1 aliphatic rings. The van der Waals surface area contributed by atoms with Crippen molar-refractivity contribution >= 4 is 0 Å². The van der Waals surface area contributed by atoms with Crippen molar-refractivity contribution in [3.63, 3.8) is 0 Å². The molecular formula is C13H19FN2O. The Morgan fingerprint density at radius 3 is 2.65 bits per heavy atom. The fraction of sp³-hybridized carbons (Fsp3) is 0.538. The van der Waals surface area contributed by atoms with Crippen molar-refractivity contribution in [1.29, 1.82) is 0 Å². The minimum atomic E-state index is -0.321. The quantitative estimate of drug-likeness (QED) is 0.822. The second-order valence-electron chi connectivity index (χ2n) is 4.68. The molecule has 0 aliphatic heterocycles. The molecule has 1 aromatic rings. The summed E-state index contributed by atoms with van der Waals surface area (Å²) in [6, 6.07) is 5.23. The van der Waals surface area contributed by atoms with Crippen LogP contribution in [0.15, 0.2) is 18.2 Å². The number of nitrogens with two attached hydrogens (primary N) is 1. The fourth-order valence-corrected chi connectivity index (χ4v) is 2.46. The van der Waals surface area contributed by atoms with Gasteiger partial charge in [-0.15, -0.1) is 0 Å². The van der Waals surface area contributed by atoms with Crippen LogP contribution in [0.1, 0.15) is 24.4 Å². The van der Waals surface area contributed by atoms with Gasteiger partial charge in [-0.2, -0.15) is 0 Å². The third kappa shape index (κ3) is 2.15. The molecule has 0 radical (unpaired) electrons. The highest BCUT2D eigenvalue weighted by atomic mass is 19.1. The van der Waals surface area contributed by atoms with Crippen molar-refractivity contribution in [3.05, 3.63) is 29.6 Å². The van der Waals surface area contributed by atoms with E-state index in [1.54, 1.807) is 6.07 Å². The molecule has 0 aromatic heterocycles. The summed E-state index contributed by atoms with van der Waals surface area (Å²) >= 11 is 0. The van der Waals surface area contributed by atoms with Gasteiger partial charge in [0.15, 0.2) is 11.6 Å². The van der Waals surface area contributed by atoms with Gasteiger partial charge in [-0.25, -0.2) is 4.39 Å². The molecule has 3 nitrogen and oxygen atoms in total. The lowest BCUT2D eigenvalue weighted by molar-refractivity contribution is 0.360. The zero-order chi connectivity index (χ0) is 12.5. The Morgan fingerprint density at radius 2 is 2.24 bits per heavy atom. The summed E-state index contributed by atoms with van der Waals surface area (Å²) in [5, 5.41) is 3.25. The molecule has 1 fully saturated rings. The molecule has 2 rings (SSSR count). The normalized spacial score (nSPS) is 18.8. The minimum Gasteiger partial charge on any atom is -0.494 e. The fourth-order valence-electron chi connectivity index (χ4n) is 2.46. The lowest BCUT2D eigenvalue weighted by Gasteiger charge is -2.26. The summed E-state index contributed by atoms with van der Waals surface area (Å²) < 4.78 is 18.6. The van der Waals surface area contributed by atoms with E-state index in [2.05, 4.69) is 5.32 Å². The maximum Gasteiger partial charge on any atom is 0.165 e. The van der Waals surface area contributed by atoms with Crippen molar-refractivity contribution in [2.24, 2.45) is 11.1 Å². The Morgan fingerprint density at radius 1 is 1.53 bits per heavy atom. The van der Waals surface area contributed by atoms with Crippen LogP contribution in [0.25, 0.3) is 0 Å². The highest BCUT2D eigenvalue weighted by Crippen LogP contribution is 2.54. The number of halogens is 1. The van der Waals surface area contributed by atoms with Crippen LogP contribution in [-0.4, -0.2) is 20.7 Å². The number of nitrogens with one attached hydrogen (secondary N) is 1. The second kappa shape index (κ2) is 4.63. The molecule has 0 spiro atoms. The first-order valence-electron chi connectivity index (χ1n) is 5.87. The van der Waals surface area contributed by atoms with Gasteiger partial charge in [-0.3, -0.25) is 0 Å². The summed E-state index contributed by atoms with van der Waals surface area (Å²) in [7, 11) is 3.36. The van der Waals surface area contributed by atoms with Crippen LogP contribution < -0.4 is 15.8 Å². The topological polar surface area (TPSA) is 47.3 Å². The van der Waals surface area contributed by atoms with Gasteiger partial charge in [0.2, 0.25) is 0 Å². The molecule has 0 heterocycles. The van der Waals surface area contributed by atoms with E-state index >= 15 is 0 Å². The van der Waals surface area contributed by atoms with E-state index in [-0.39, 0.29) is 23.0 Å². The van der Waals surface area contributed by atoms with Crippen LogP contribution in [0, 0.1) is 11.2 Å². The van der Waals surface area contributed by atoms with E-state index in [0.717, 1.165) is 18.4 Å². The van der Waals surface area contributed by atoms with Gasteiger partial charge in [0, 0.05) is 11.5 Å². The summed E-state index contributed by atoms with van der Waals surface area (Å²) in [4.78, 5) is 0. The van der Waals surface area contributed by atoms with Crippen LogP contribution >= 0.6 is 0 Å². The molecule has 0 bridgehead atoms. The summed E-state index contributed by atoms with van der Waals surface area (Å²) in [5.41, 5.74) is 6.86. The highest BCUT2D eigenvalue weighted by Gasteiger charge is 2.48. The van der Waals surface area contributed by atoms with E-state index in [4.69, 9.17) is 10.5 Å². The summed E-state index contributed by atoms with van der Waals surface area (Å²) in [5.74, 6) is -0.0423. The molecule has 1 saturated carbocycles. The molecule has 0 saturated heterocycles. The standard InChI is InChI=1S/C13H19FN2O/c1-16-12(13(8-15)5-6-13)9-3-4-11(17-2)10(14)7-9/h3-4,7,12,16H,5-6,8,15H2,1-2H3. The van der Waals surface area contributed by atoms with Gasteiger partial charge < -0.3 is 15.8 Å². The predicted molar refractivity (Wildman–Crippen MR) is 65.5 cm³/mol. The first kappa shape index (κ1) is 12.3. The largest absolute Gasteiger partial charge is 0.494 e. The van der Waals surface area contributed by atoms with E-state index in [9.17, 15) is 4.39 Å². The van der Waals surface area contributed by atoms with E-state index < -0.39 is 0 Å². The zero-order valence-electron chi connectivity index (χ0n) is 10.3. The van der Waals surface area contributed by atoms with Crippen LogP contribution in [0.3, 0.4) is 0 Å². The first-order valence-corrected chi connectivity index (χ1v) is 5.87. The molecule has 3 N–H and O–H groups in total. The Labute approximate surface area is 101 Å². The van der Waals surface area contributed by atoms with E-state index in [1.807, 2.05) is 13.1 Å². The number of methoxy groups -OCH3 is 1. The summed E-state index contributed by atoms with van der Waals surface area (Å²) in [6.45, 7) is 0.631. The Balaban J connectivity index is 2.29. The Hall–Kier alpha value is -1.13. The lowest BCUT2D eigenvalue weighted by atomic mass is 9.90. The van der Waals surface area contributed by atoms with Gasteiger partial charge in [0.25, 0.3) is 0 Å². The van der Waals surface area contributed by atoms with Gasteiger partial charge in [0.05, 0.1) is 7.11 Å². The highest BCUT2D eigenvalue weighted by molar-refractivity contribution is 5.33. The van der Waals surface area contributed by atoms with Crippen molar-refractivity contribution in [3.8, 4) is 5.75 Å². The Kier molecular flexibility index (Phi) is 3.35. The van der Waals surface area contributed by atoms with E-state index in [0.29, 0.717) is 6.54 Å². The first-order chi connectivity index (χ1) is 8.16.